The largest absolute Gasteiger partial charge is 0.396 e. The van der Waals surface area contributed by atoms with Crippen LogP contribution in [-0.4, -0.2) is 18.2 Å². The van der Waals surface area contributed by atoms with Crippen molar-refractivity contribution in [3.8, 4) is 0 Å². The third kappa shape index (κ3) is 2.14. The first-order chi connectivity index (χ1) is 9.99. The normalized spacial score (nSPS) is 21.0. The van der Waals surface area contributed by atoms with E-state index in [1.807, 2.05) is 19.1 Å². The summed E-state index contributed by atoms with van der Waals surface area (Å²) in [6.07, 6.45) is 5.65. The van der Waals surface area contributed by atoms with Gasteiger partial charge >= 0.3 is 0 Å². The molecule has 1 aromatic carbocycles. The molecule has 5 heteroatoms. The van der Waals surface area contributed by atoms with E-state index in [9.17, 15) is 9.18 Å². The van der Waals surface area contributed by atoms with Crippen LogP contribution in [0.4, 0.5) is 15.8 Å². The van der Waals surface area contributed by atoms with Gasteiger partial charge < -0.3 is 5.73 Å². The molecule has 1 atom stereocenters. The Morgan fingerprint density at radius 3 is 2.95 bits per heavy atom. The van der Waals surface area contributed by atoms with Gasteiger partial charge in [0.05, 0.1) is 29.5 Å². The van der Waals surface area contributed by atoms with E-state index in [0.717, 1.165) is 11.3 Å². The Morgan fingerprint density at radius 2 is 2.19 bits per heavy atom. The lowest BCUT2D eigenvalue weighted by Gasteiger charge is -2.31. The SMILES string of the molecule is Cc1cc(F)c(N)cc1N1C=C2C=CCN=C2C(C)C1=O. The Labute approximate surface area is 122 Å². The summed E-state index contributed by atoms with van der Waals surface area (Å²) in [6, 6.07) is 2.85. The zero-order valence-electron chi connectivity index (χ0n) is 11.9. The molecule has 0 radical (unpaired) electrons. The van der Waals surface area contributed by atoms with Crippen LogP contribution >= 0.6 is 0 Å². The Bertz CT molecular complexity index is 718. The maximum absolute atomic E-state index is 13.5. The summed E-state index contributed by atoms with van der Waals surface area (Å²) in [4.78, 5) is 18.5. The number of carbonyl (C=O) groups is 1. The first kappa shape index (κ1) is 13.5. The number of carbonyl (C=O) groups excluding carboxylic acids is 1. The van der Waals surface area contributed by atoms with Gasteiger partial charge in [0.1, 0.15) is 5.82 Å². The second-order valence-corrected chi connectivity index (χ2v) is 5.30. The number of allylic oxidation sites excluding steroid dienone is 2. The number of dihydropyridines is 1. The van der Waals surface area contributed by atoms with Crippen molar-refractivity contribution in [2.75, 3.05) is 17.2 Å². The van der Waals surface area contributed by atoms with E-state index in [0.29, 0.717) is 17.8 Å². The highest BCUT2D eigenvalue weighted by Gasteiger charge is 2.32. The van der Waals surface area contributed by atoms with Crippen molar-refractivity contribution in [1.29, 1.82) is 0 Å². The number of nitrogens with two attached hydrogens (primary N) is 1. The van der Waals surface area contributed by atoms with E-state index in [-0.39, 0.29) is 17.5 Å². The smallest absolute Gasteiger partial charge is 0.239 e. The highest BCUT2D eigenvalue weighted by atomic mass is 19.1. The van der Waals surface area contributed by atoms with Crippen LogP contribution in [-0.2, 0) is 4.79 Å². The molecule has 0 aromatic heterocycles. The number of anilines is 2. The predicted molar refractivity (Wildman–Crippen MR) is 81.7 cm³/mol. The monoisotopic (exact) mass is 285 g/mol. The molecule has 0 spiro atoms. The standard InChI is InChI=1S/C16H16FN3O/c1-9-6-12(17)13(18)7-14(9)20-8-11-4-3-5-19-15(11)10(2)16(20)21/h3-4,6-8,10H,5,18H2,1-2H3. The molecule has 1 unspecified atom stereocenters. The number of hydrogen-bond donors (Lipinski definition) is 1. The molecule has 2 N–H and O–H groups in total. The van der Waals surface area contributed by atoms with Crippen molar-refractivity contribution in [2.24, 2.45) is 10.9 Å². The van der Waals surface area contributed by atoms with Crippen LogP contribution < -0.4 is 10.6 Å². The average molecular weight is 285 g/mol. The second kappa shape index (κ2) is 4.84. The van der Waals surface area contributed by atoms with E-state index < -0.39 is 5.82 Å². The molecule has 1 amide bonds. The van der Waals surface area contributed by atoms with Crippen molar-refractivity contribution < 1.29 is 9.18 Å². The zero-order valence-corrected chi connectivity index (χ0v) is 11.9. The summed E-state index contributed by atoms with van der Waals surface area (Å²) in [5, 5.41) is 0. The first-order valence-electron chi connectivity index (χ1n) is 6.81. The summed E-state index contributed by atoms with van der Waals surface area (Å²) in [6.45, 7) is 4.20. The van der Waals surface area contributed by atoms with E-state index in [1.165, 1.54) is 12.1 Å². The third-order valence-corrected chi connectivity index (χ3v) is 3.82. The van der Waals surface area contributed by atoms with E-state index >= 15 is 0 Å². The lowest BCUT2D eigenvalue weighted by Crippen LogP contribution is -2.41. The molecule has 108 valence electrons. The zero-order chi connectivity index (χ0) is 15.1. The Balaban J connectivity index is 2.12. The van der Waals surface area contributed by atoms with Crippen molar-refractivity contribution in [2.45, 2.75) is 13.8 Å². The Kier molecular flexibility index (Phi) is 3.12. The number of rotatable bonds is 1. The number of hydrogen-bond acceptors (Lipinski definition) is 3. The summed E-state index contributed by atoms with van der Waals surface area (Å²) in [5.74, 6) is -0.872. The quantitative estimate of drug-likeness (QED) is 0.806. The maximum atomic E-state index is 13.5. The number of amides is 1. The van der Waals surface area contributed by atoms with Gasteiger partial charge in [0.25, 0.3) is 0 Å². The van der Waals surface area contributed by atoms with Crippen molar-refractivity contribution in [3.63, 3.8) is 0 Å². The predicted octanol–water partition coefficient (Wildman–Crippen LogP) is 2.59. The van der Waals surface area contributed by atoms with Crippen LogP contribution in [0.25, 0.3) is 0 Å². The lowest BCUT2D eigenvalue weighted by atomic mass is 9.91. The summed E-state index contributed by atoms with van der Waals surface area (Å²) in [5.41, 5.74) is 8.67. The number of nitrogen functional groups attached to an aromatic ring is 1. The minimum absolute atomic E-state index is 0.0353. The van der Waals surface area contributed by atoms with Crippen LogP contribution in [0.1, 0.15) is 12.5 Å². The van der Waals surface area contributed by atoms with Gasteiger partial charge in [-0.1, -0.05) is 12.2 Å². The molecule has 4 nitrogen and oxygen atoms in total. The second-order valence-electron chi connectivity index (χ2n) is 5.30. The minimum atomic E-state index is -0.471. The molecule has 2 heterocycles. The maximum Gasteiger partial charge on any atom is 0.239 e. The van der Waals surface area contributed by atoms with Gasteiger partial charge in [0.15, 0.2) is 0 Å². The van der Waals surface area contributed by atoms with Gasteiger partial charge in [-0.2, -0.15) is 0 Å². The van der Waals surface area contributed by atoms with Crippen LogP contribution in [0.2, 0.25) is 0 Å². The molecule has 3 rings (SSSR count). The van der Waals surface area contributed by atoms with E-state index in [2.05, 4.69) is 4.99 Å². The van der Waals surface area contributed by atoms with Gasteiger partial charge in [-0.15, -0.1) is 0 Å². The third-order valence-electron chi connectivity index (χ3n) is 3.82. The highest BCUT2D eigenvalue weighted by Crippen LogP contribution is 2.31. The number of aryl methyl sites for hydroxylation is 1. The molecule has 0 saturated carbocycles. The number of aliphatic imine (C=N–C) groups is 1. The molecule has 0 aliphatic carbocycles. The Morgan fingerprint density at radius 1 is 1.43 bits per heavy atom. The van der Waals surface area contributed by atoms with Gasteiger partial charge in [-0.05, 0) is 31.5 Å². The van der Waals surface area contributed by atoms with Gasteiger partial charge in [-0.25, -0.2) is 4.39 Å². The first-order valence-corrected chi connectivity index (χ1v) is 6.81. The fraction of sp³-hybridized carbons (Fsp3) is 0.250. The molecule has 21 heavy (non-hydrogen) atoms. The number of halogens is 1. The van der Waals surface area contributed by atoms with Gasteiger partial charge in [0, 0.05) is 11.8 Å². The van der Waals surface area contributed by atoms with Crippen LogP contribution in [0, 0.1) is 18.7 Å². The number of fused-ring (bicyclic) bond motifs is 1. The fourth-order valence-corrected chi connectivity index (χ4v) is 2.66. The molecule has 0 bridgehead atoms. The van der Waals surface area contributed by atoms with Gasteiger partial charge in [0.2, 0.25) is 5.91 Å². The topological polar surface area (TPSA) is 58.7 Å². The van der Waals surface area contributed by atoms with Crippen molar-refractivity contribution in [3.05, 3.63) is 47.4 Å². The van der Waals surface area contributed by atoms with Crippen LogP contribution in [0.15, 0.2) is 41.1 Å². The molecule has 0 fully saturated rings. The molecule has 0 saturated heterocycles. The van der Waals surface area contributed by atoms with E-state index in [4.69, 9.17) is 5.73 Å². The summed E-state index contributed by atoms with van der Waals surface area (Å²) in [7, 11) is 0. The molecular formula is C16H16FN3O. The van der Waals surface area contributed by atoms with Gasteiger partial charge in [-0.3, -0.25) is 14.7 Å². The molecule has 1 aromatic rings. The Hall–Kier alpha value is -2.43. The summed E-state index contributed by atoms with van der Waals surface area (Å²) >= 11 is 0. The number of benzene rings is 1. The van der Waals surface area contributed by atoms with Crippen molar-refractivity contribution in [1.82, 2.24) is 0 Å². The van der Waals surface area contributed by atoms with Crippen LogP contribution in [0.5, 0.6) is 0 Å². The van der Waals surface area contributed by atoms with Crippen LogP contribution in [0.3, 0.4) is 0 Å². The highest BCUT2D eigenvalue weighted by molar-refractivity contribution is 6.21. The minimum Gasteiger partial charge on any atom is -0.396 e. The lowest BCUT2D eigenvalue weighted by molar-refractivity contribution is -0.119. The molecular weight excluding hydrogens is 269 g/mol. The fourth-order valence-electron chi connectivity index (χ4n) is 2.66. The summed E-state index contributed by atoms with van der Waals surface area (Å²) < 4.78 is 13.5. The average Bonchev–Trinajstić information content (AvgIpc) is 2.47. The van der Waals surface area contributed by atoms with E-state index in [1.54, 1.807) is 18.0 Å². The number of nitrogens with zero attached hydrogens (tertiary/aromatic N) is 2. The molecule has 2 aliphatic heterocycles. The molecule has 2 aliphatic rings. The van der Waals surface area contributed by atoms with Crippen molar-refractivity contribution >= 4 is 23.0 Å².